The van der Waals surface area contributed by atoms with Crippen molar-refractivity contribution in [2.75, 3.05) is 18.9 Å². The van der Waals surface area contributed by atoms with Crippen molar-refractivity contribution in [2.24, 2.45) is 0 Å². The minimum absolute atomic E-state index is 0.0649. The lowest BCUT2D eigenvalue weighted by molar-refractivity contribution is -0.0151. The zero-order valence-corrected chi connectivity index (χ0v) is 15.9. The quantitative estimate of drug-likeness (QED) is 0.551. The summed E-state index contributed by atoms with van der Waals surface area (Å²) in [7, 11) is 0. The van der Waals surface area contributed by atoms with Crippen LogP contribution in [0.5, 0.6) is 0 Å². The number of imidazole rings is 1. The van der Waals surface area contributed by atoms with Crippen molar-refractivity contribution in [1.82, 2.24) is 19.5 Å². The molecule has 7 nitrogen and oxygen atoms in total. The van der Waals surface area contributed by atoms with Crippen LogP contribution in [0.2, 0.25) is 0 Å². The number of hydrogen-bond donors (Lipinski definition) is 1. The first-order valence-corrected chi connectivity index (χ1v) is 9.37. The molecule has 7 heteroatoms. The maximum Gasteiger partial charge on any atom is 0.165 e. The zero-order valence-electron chi connectivity index (χ0n) is 15.9. The number of nitrogens with two attached hydrogens (primary N) is 1. The normalized spacial score (nSPS) is 13.7. The van der Waals surface area contributed by atoms with E-state index in [1.807, 2.05) is 29.7 Å². The molecular formula is C20H27N5O2. The van der Waals surface area contributed by atoms with E-state index in [0.717, 1.165) is 25.0 Å². The molecule has 3 aromatic rings. The molecule has 3 rings (SSSR count). The summed E-state index contributed by atoms with van der Waals surface area (Å²) in [5.74, 6) is 0.377. The highest BCUT2D eigenvalue weighted by atomic mass is 16.5. The second-order valence-electron chi connectivity index (χ2n) is 6.58. The van der Waals surface area contributed by atoms with Gasteiger partial charge in [-0.25, -0.2) is 15.0 Å². The number of anilines is 1. The third-order valence-electron chi connectivity index (χ3n) is 4.57. The van der Waals surface area contributed by atoms with Gasteiger partial charge in [0.2, 0.25) is 0 Å². The van der Waals surface area contributed by atoms with Crippen molar-refractivity contribution in [2.45, 2.75) is 45.4 Å². The Morgan fingerprint density at radius 1 is 1.15 bits per heavy atom. The molecule has 27 heavy (non-hydrogen) atoms. The van der Waals surface area contributed by atoms with E-state index in [9.17, 15) is 0 Å². The predicted octanol–water partition coefficient (Wildman–Crippen LogP) is 3.37. The number of ether oxygens (including phenoxy) is 2. The standard InChI is InChI=1S/C20H27N5O2/c1-3-4-10-26-12-17(15(2)27-11-16-8-6-5-7-9-16)25-14-24-18-19(21)22-13-23-20(18)25/h5-9,13-15,17H,3-4,10-12H2,1-2H3,(H2,21,22,23)/t15-,17+/m0/s1. The van der Waals surface area contributed by atoms with Crippen molar-refractivity contribution < 1.29 is 9.47 Å². The molecule has 0 amide bonds. The topological polar surface area (TPSA) is 88.1 Å². The summed E-state index contributed by atoms with van der Waals surface area (Å²) in [6.45, 7) is 5.98. The summed E-state index contributed by atoms with van der Waals surface area (Å²) in [5.41, 5.74) is 8.37. The van der Waals surface area contributed by atoms with E-state index in [2.05, 4.69) is 34.0 Å². The van der Waals surface area contributed by atoms with Crippen LogP contribution < -0.4 is 5.73 Å². The fourth-order valence-corrected chi connectivity index (χ4v) is 2.92. The second-order valence-corrected chi connectivity index (χ2v) is 6.58. The summed E-state index contributed by atoms with van der Waals surface area (Å²) < 4.78 is 14.0. The molecule has 2 N–H and O–H groups in total. The minimum atomic E-state index is -0.0968. The van der Waals surface area contributed by atoms with Gasteiger partial charge in [-0.1, -0.05) is 43.7 Å². The molecular weight excluding hydrogens is 342 g/mol. The van der Waals surface area contributed by atoms with Crippen LogP contribution in [-0.2, 0) is 16.1 Å². The highest BCUT2D eigenvalue weighted by Crippen LogP contribution is 2.23. The van der Waals surface area contributed by atoms with Crippen LogP contribution in [0, 0.1) is 0 Å². The lowest BCUT2D eigenvalue weighted by Gasteiger charge is -2.26. The Kier molecular flexibility index (Phi) is 6.73. The van der Waals surface area contributed by atoms with Gasteiger partial charge in [0.25, 0.3) is 0 Å². The van der Waals surface area contributed by atoms with Crippen LogP contribution in [-0.4, -0.2) is 38.8 Å². The van der Waals surface area contributed by atoms with Crippen molar-refractivity contribution in [3.05, 3.63) is 48.5 Å². The van der Waals surface area contributed by atoms with Crippen LogP contribution in [0.1, 0.15) is 38.3 Å². The van der Waals surface area contributed by atoms with Gasteiger partial charge in [-0.3, -0.25) is 0 Å². The van der Waals surface area contributed by atoms with Gasteiger partial charge in [-0.05, 0) is 18.9 Å². The van der Waals surface area contributed by atoms with Crippen LogP contribution in [0.4, 0.5) is 5.82 Å². The van der Waals surface area contributed by atoms with Gasteiger partial charge in [-0.2, -0.15) is 0 Å². The van der Waals surface area contributed by atoms with E-state index in [0.29, 0.717) is 30.2 Å². The first-order valence-electron chi connectivity index (χ1n) is 9.37. The lowest BCUT2D eigenvalue weighted by atomic mass is 10.2. The summed E-state index contributed by atoms with van der Waals surface area (Å²) >= 11 is 0. The number of nitrogen functional groups attached to an aromatic ring is 1. The molecule has 0 unspecified atom stereocenters. The molecule has 0 saturated carbocycles. The maximum absolute atomic E-state index is 6.15. The Hall–Kier alpha value is -2.51. The van der Waals surface area contributed by atoms with Crippen LogP contribution >= 0.6 is 0 Å². The molecule has 1 aromatic carbocycles. The van der Waals surface area contributed by atoms with Gasteiger partial charge in [0.05, 0.1) is 31.7 Å². The van der Waals surface area contributed by atoms with Gasteiger partial charge in [0.1, 0.15) is 11.8 Å². The number of fused-ring (bicyclic) bond motifs is 1. The lowest BCUT2D eigenvalue weighted by Crippen LogP contribution is -2.28. The van der Waals surface area contributed by atoms with Crippen molar-refractivity contribution in [3.63, 3.8) is 0 Å². The summed E-state index contributed by atoms with van der Waals surface area (Å²) in [4.78, 5) is 12.8. The number of aromatic nitrogens is 4. The molecule has 0 radical (unpaired) electrons. The highest BCUT2D eigenvalue weighted by molar-refractivity contribution is 5.81. The van der Waals surface area contributed by atoms with Crippen LogP contribution in [0.15, 0.2) is 43.0 Å². The number of hydrogen-bond acceptors (Lipinski definition) is 6. The Morgan fingerprint density at radius 3 is 2.74 bits per heavy atom. The Bertz CT molecular complexity index is 837. The zero-order chi connectivity index (χ0) is 19.1. The molecule has 0 saturated heterocycles. The molecule has 0 aliphatic rings. The number of benzene rings is 1. The Balaban J connectivity index is 1.77. The van der Waals surface area contributed by atoms with Gasteiger partial charge in [-0.15, -0.1) is 0 Å². The largest absolute Gasteiger partial charge is 0.382 e. The van der Waals surface area contributed by atoms with Gasteiger partial charge in [0, 0.05) is 6.61 Å². The van der Waals surface area contributed by atoms with E-state index in [1.54, 1.807) is 6.33 Å². The average molecular weight is 369 g/mol. The third-order valence-corrected chi connectivity index (χ3v) is 4.57. The number of rotatable bonds is 10. The van der Waals surface area contributed by atoms with E-state index in [-0.39, 0.29) is 12.1 Å². The van der Waals surface area contributed by atoms with Gasteiger partial charge in [0.15, 0.2) is 11.5 Å². The SMILES string of the molecule is CCCCOC[C@H]([C@H](C)OCc1ccccc1)n1cnc2c(N)ncnc21. The first-order chi connectivity index (χ1) is 13.2. The smallest absolute Gasteiger partial charge is 0.165 e. The molecule has 2 aromatic heterocycles. The summed E-state index contributed by atoms with van der Waals surface area (Å²) in [6, 6.07) is 10.1. The summed E-state index contributed by atoms with van der Waals surface area (Å²) in [5, 5.41) is 0. The molecule has 0 fully saturated rings. The van der Waals surface area contributed by atoms with E-state index < -0.39 is 0 Å². The second kappa shape index (κ2) is 9.43. The maximum atomic E-state index is 6.15. The van der Waals surface area contributed by atoms with E-state index in [4.69, 9.17) is 15.2 Å². The molecule has 0 bridgehead atoms. The number of nitrogens with zero attached hydrogens (tertiary/aromatic N) is 4. The summed E-state index contributed by atoms with van der Waals surface area (Å²) in [6.07, 6.45) is 5.24. The molecule has 2 heterocycles. The molecule has 0 spiro atoms. The van der Waals surface area contributed by atoms with Crippen LogP contribution in [0.3, 0.4) is 0 Å². The Morgan fingerprint density at radius 2 is 1.96 bits per heavy atom. The van der Waals surface area contributed by atoms with E-state index in [1.165, 1.54) is 6.33 Å². The fraction of sp³-hybridized carbons (Fsp3) is 0.450. The van der Waals surface area contributed by atoms with Crippen molar-refractivity contribution in [1.29, 1.82) is 0 Å². The third kappa shape index (κ3) is 4.81. The monoisotopic (exact) mass is 369 g/mol. The van der Waals surface area contributed by atoms with Crippen LogP contribution in [0.25, 0.3) is 11.2 Å². The van der Waals surface area contributed by atoms with E-state index >= 15 is 0 Å². The highest BCUT2D eigenvalue weighted by Gasteiger charge is 2.23. The van der Waals surface area contributed by atoms with Gasteiger partial charge >= 0.3 is 0 Å². The molecule has 2 atom stereocenters. The minimum Gasteiger partial charge on any atom is -0.382 e. The molecule has 0 aliphatic heterocycles. The first kappa shape index (κ1) is 19.3. The van der Waals surface area contributed by atoms with Crippen molar-refractivity contribution >= 4 is 17.0 Å². The van der Waals surface area contributed by atoms with Gasteiger partial charge < -0.3 is 19.8 Å². The Labute approximate surface area is 159 Å². The fourth-order valence-electron chi connectivity index (χ4n) is 2.92. The predicted molar refractivity (Wildman–Crippen MR) is 105 cm³/mol. The molecule has 0 aliphatic carbocycles. The van der Waals surface area contributed by atoms with Crippen molar-refractivity contribution in [3.8, 4) is 0 Å². The number of unbranched alkanes of at least 4 members (excludes halogenated alkanes) is 1. The average Bonchev–Trinajstić information content (AvgIpc) is 3.12. The molecule has 144 valence electrons.